The maximum atomic E-state index is 5.19. The summed E-state index contributed by atoms with van der Waals surface area (Å²) in [6.45, 7) is 1.64. The van der Waals surface area contributed by atoms with Crippen LogP contribution in [0.4, 0.5) is 0 Å². The van der Waals surface area contributed by atoms with Crippen LogP contribution in [-0.2, 0) is 25.9 Å². The third kappa shape index (κ3) is 4.01. The van der Waals surface area contributed by atoms with Gasteiger partial charge >= 0.3 is 0 Å². The van der Waals surface area contributed by atoms with E-state index < -0.39 is 0 Å². The Labute approximate surface area is 159 Å². The van der Waals surface area contributed by atoms with Crippen molar-refractivity contribution in [3.63, 3.8) is 0 Å². The largest absolute Gasteiger partial charge is 0.497 e. The second-order valence-electron chi connectivity index (χ2n) is 7.15. The monoisotopic (exact) mass is 363 g/mol. The molecule has 6 heteroatoms. The summed E-state index contributed by atoms with van der Waals surface area (Å²) in [5, 5.41) is 7.76. The molecule has 27 heavy (non-hydrogen) atoms. The number of hydrogen-bond donors (Lipinski definition) is 1. The molecule has 1 aliphatic rings. The molecule has 0 amide bonds. The van der Waals surface area contributed by atoms with Crippen molar-refractivity contribution in [1.29, 1.82) is 0 Å². The van der Waals surface area contributed by atoms with E-state index in [0.717, 1.165) is 48.6 Å². The molecule has 0 saturated heterocycles. The van der Waals surface area contributed by atoms with Crippen LogP contribution in [0.25, 0.3) is 11.4 Å². The number of H-pyrrole nitrogens is 1. The van der Waals surface area contributed by atoms with E-state index >= 15 is 0 Å². The number of rotatable bonds is 6. The van der Waals surface area contributed by atoms with E-state index in [1.165, 1.54) is 29.8 Å². The second-order valence-corrected chi connectivity index (χ2v) is 7.15. The molecule has 2 heterocycles. The molecule has 0 spiro atoms. The standard InChI is InChI=1S/C21H25N5O/c1-26(14-20-18-5-3-4-6-19(18)24-25-20)13-15-11-22-21(23-12-15)16-7-9-17(27-2)10-8-16/h7-12H,3-6,13-14H2,1-2H3,(H,24,25). The lowest BCUT2D eigenvalue weighted by atomic mass is 9.96. The number of methoxy groups -OCH3 is 1. The maximum Gasteiger partial charge on any atom is 0.159 e. The normalized spacial score (nSPS) is 13.6. The lowest BCUT2D eigenvalue weighted by Crippen LogP contribution is -2.19. The Kier molecular flexibility index (Phi) is 5.16. The van der Waals surface area contributed by atoms with E-state index in [0.29, 0.717) is 0 Å². The summed E-state index contributed by atoms with van der Waals surface area (Å²) >= 11 is 0. The highest BCUT2D eigenvalue weighted by molar-refractivity contribution is 5.55. The van der Waals surface area contributed by atoms with E-state index in [1.54, 1.807) is 7.11 Å². The van der Waals surface area contributed by atoms with Gasteiger partial charge in [-0.2, -0.15) is 5.10 Å². The summed E-state index contributed by atoms with van der Waals surface area (Å²) in [5.74, 6) is 1.56. The lowest BCUT2D eigenvalue weighted by Gasteiger charge is -2.17. The zero-order valence-corrected chi connectivity index (χ0v) is 15.9. The Balaban J connectivity index is 1.39. The lowest BCUT2D eigenvalue weighted by molar-refractivity contribution is 0.313. The van der Waals surface area contributed by atoms with Crippen molar-refractivity contribution >= 4 is 0 Å². The SMILES string of the molecule is COc1ccc(-c2ncc(CN(C)Cc3n[nH]c4c3CCCC4)cn2)cc1. The average molecular weight is 363 g/mol. The minimum absolute atomic E-state index is 0.727. The topological polar surface area (TPSA) is 66.9 Å². The number of aromatic nitrogens is 4. The van der Waals surface area contributed by atoms with Crippen molar-refractivity contribution in [2.24, 2.45) is 0 Å². The van der Waals surface area contributed by atoms with Gasteiger partial charge in [0.25, 0.3) is 0 Å². The first-order valence-electron chi connectivity index (χ1n) is 9.42. The molecule has 1 N–H and O–H groups in total. The number of fused-ring (bicyclic) bond motifs is 1. The number of benzene rings is 1. The minimum Gasteiger partial charge on any atom is -0.497 e. The van der Waals surface area contributed by atoms with Crippen LogP contribution in [0, 0.1) is 0 Å². The van der Waals surface area contributed by atoms with E-state index in [4.69, 9.17) is 4.74 Å². The van der Waals surface area contributed by atoms with Crippen LogP contribution in [0.1, 0.15) is 35.4 Å². The fraction of sp³-hybridized carbons (Fsp3) is 0.381. The van der Waals surface area contributed by atoms with Crippen molar-refractivity contribution < 1.29 is 4.74 Å². The molecular weight excluding hydrogens is 338 g/mol. The Morgan fingerprint density at radius 1 is 1.04 bits per heavy atom. The molecule has 3 aromatic rings. The van der Waals surface area contributed by atoms with Crippen LogP contribution in [0.3, 0.4) is 0 Å². The van der Waals surface area contributed by atoms with Gasteiger partial charge in [0.1, 0.15) is 5.75 Å². The zero-order chi connectivity index (χ0) is 18.6. The Morgan fingerprint density at radius 2 is 1.78 bits per heavy atom. The van der Waals surface area contributed by atoms with Crippen LogP contribution in [0.5, 0.6) is 5.75 Å². The highest BCUT2D eigenvalue weighted by Gasteiger charge is 2.17. The molecule has 0 bridgehead atoms. The quantitative estimate of drug-likeness (QED) is 0.727. The second kappa shape index (κ2) is 7.88. The van der Waals surface area contributed by atoms with Gasteiger partial charge < -0.3 is 4.74 Å². The highest BCUT2D eigenvalue weighted by Crippen LogP contribution is 2.23. The van der Waals surface area contributed by atoms with Crippen molar-refractivity contribution in [3.05, 3.63) is 59.2 Å². The summed E-state index contributed by atoms with van der Waals surface area (Å²) in [7, 11) is 3.77. The van der Waals surface area contributed by atoms with Gasteiger partial charge in [0.15, 0.2) is 5.82 Å². The summed E-state index contributed by atoms with van der Waals surface area (Å²) in [5.41, 5.74) is 6.03. The van der Waals surface area contributed by atoms with Crippen LogP contribution in [0.2, 0.25) is 0 Å². The molecular formula is C21H25N5O. The third-order valence-electron chi connectivity index (χ3n) is 5.07. The molecule has 6 nitrogen and oxygen atoms in total. The number of nitrogens with one attached hydrogen (secondary N) is 1. The zero-order valence-electron chi connectivity index (χ0n) is 15.9. The molecule has 0 unspecified atom stereocenters. The van der Waals surface area contributed by atoms with Crippen LogP contribution in [-0.4, -0.2) is 39.2 Å². The highest BCUT2D eigenvalue weighted by atomic mass is 16.5. The Morgan fingerprint density at radius 3 is 2.52 bits per heavy atom. The molecule has 0 saturated carbocycles. The van der Waals surface area contributed by atoms with Crippen LogP contribution >= 0.6 is 0 Å². The van der Waals surface area contributed by atoms with Crippen LogP contribution < -0.4 is 4.74 Å². The number of aromatic amines is 1. The van der Waals surface area contributed by atoms with E-state index in [9.17, 15) is 0 Å². The van der Waals surface area contributed by atoms with Crippen molar-refractivity contribution in [1.82, 2.24) is 25.1 Å². The predicted molar refractivity (Wildman–Crippen MR) is 104 cm³/mol. The first-order chi connectivity index (χ1) is 13.2. The number of hydrogen-bond acceptors (Lipinski definition) is 5. The smallest absolute Gasteiger partial charge is 0.159 e. The van der Waals surface area contributed by atoms with Gasteiger partial charge in [-0.05, 0) is 62.6 Å². The van der Waals surface area contributed by atoms with E-state index in [2.05, 4.69) is 32.1 Å². The number of aryl methyl sites for hydroxylation is 1. The molecule has 1 aromatic carbocycles. The first kappa shape index (κ1) is 17.7. The molecule has 0 atom stereocenters. The van der Waals surface area contributed by atoms with Crippen molar-refractivity contribution in [3.8, 4) is 17.1 Å². The third-order valence-corrected chi connectivity index (χ3v) is 5.07. The Bertz CT molecular complexity index is 886. The number of ether oxygens (including phenoxy) is 1. The maximum absolute atomic E-state index is 5.19. The number of nitrogens with zero attached hydrogens (tertiary/aromatic N) is 4. The van der Waals surface area contributed by atoms with Gasteiger partial charge in [-0.3, -0.25) is 10.00 Å². The van der Waals surface area contributed by atoms with Crippen molar-refractivity contribution in [2.75, 3.05) is 14.2 Å². The molecule has 0 radical (unpaired) electrons. The van der Waals surface area contributed by atoms with Gasteiger partial charge in [0, 0.05) is 42.3 Å². The average Bonchev–Trinajstić information content (AvgIpc) is 3.11. The van der Waals surface area contributed by atoms with Gasteiger partial charge in [-0.1, -0.05) is 0 Å². The molecule has 0 aliphatic heterocycles. The first-order valence-corrected chi connectivity index (χ1v) is 9.42. The van der Waals surface area contributed by atoms with E-state index in [1.807, 2.05) is 36.7 Å². The summed E-state index contributed by atoms with van der Waals surface area (Å²) in [4.78, 5) is 11.3. The fourth-order valence-corrected chi connectivity index (χ4v) is 3.63. The van der Waals surface area contributed by atoms with Gasteiger partial charge in [-0.15, -0.1) is 0 Å². The fourth-order valence-electron chi connectivity index (χ4n) is 3.63. The van der Waals surface area contributed by atoms with E-state index in [-0.39, 0.29) is 0 Å². The molecule has 1 aliphatic carbocycles. The summed E-state index contributed by atoms with van der Waals surface area (Å²) < 4.78 is 5.19. The summed E-state index contributed by atoms with van der Waals surface area (Å²) in [6, 6.07) is 7.79. The minimum atomic E-state index is 0.727. The predicted octanol–water partition coefficient (Wildman–Crippen LogP) is 3.39. The van der Waals surface area contributed by atoms with Gasteiger partial charge in [0.05, 0.1) is 12.8 Å². The summed E-state index contributed by atoms with van der Waals surface area (Å²) in [6.07, 6.45) is 8.62. The molecule has 140 valence electrons. The van der Waals surface area contributed by atoms with Crippen LogP contribution in [0.15, 0.2) is 36.7 Å². The van der Waals surface area contributed by atoms with Gasteiger partial charge in [0.2, 0.25) is 0 Å². The van der Waals surface area contributed by atoms with Gasteiger partial charge in [-0.25, -0.2) is 9.97 Å². The molecule has 0 fully saturated rings. The van der Waals surface area contributed by atoms with Crippen molar-refractivity contribution in [2.45, 2.75) is 38.8 Å². The molecule has 2 aromatic heterocycles. The molecule has 4 rings (SSSR count). The Hall–Kier alpha value is -2.73.